The molecule has 1 aromatic heterocycles. The van der Waals surface area contributed by atoms with E-state index in [2.05, 4.69) is 47.4 Å². The van der Waals surface area contributed by atoms with Crippen molar-refractivity contribution in [2.24, 2.45) is 0 Å². The van der Waals surface area contributed by atoms with E-state index in [1.807, 2.05) is 4.90 Å². The molecule has 1 fully saturated rings. The van der Waals surface area contributed by atoms with E-state index in [0.29, 0.717) is 44.2 Å². The van der Waals surface area contributed by atoms with Crippen molar-refractivity contribution < 1.29 is 14.1 Å². The average molecular weight is 384 g/mol. The maximum atomic E-state index is 12.5. The number of aryl methyl sites for hydroxylation is 4. The van der Waals surface area contributed by atoms with Gasteiger partial charge in [-0.15, -0.1) is 0 Å². The molecule has 1 aliphatic rings. The van der Waals surface area contributed by atoms with Crippen LogP contribution >= 0.6 is 0 Å². The Hall–Kier alpha value is -2.67. The predicted octanol–water partition coefficient (Wildman–Crippen LogP) is 2.32. The Bertz CT molecular complexity index is 838. The molecule has 2 aromatic rings. The van der Waals surface area contributed by atoms with Gasteiger partial charge >= 0.3 is 0 Å². The zero-order chi connectivity index (χ0) is 20.1. The first-order chi connectivity index (χ1) is 13.4. The molecule has 2 amide bonds. The van der Waals surface area contributed by atoms with Gasteiger partial charge in [0.2, 0.25) is 11.8 Å². The molecule has 7 nitrogen and oxygen atoms in total. The second kappa shape index (κ2) is 9.01. The number of benzene rings is 1. The summed E-state index contributed by atoms with van der Waals surface area (Å²) in [7, 11) is 0. The van der Waals surface area contributed by atoms with E-state index >= 15 is 0 Å². The third kappa shape index (κ3) is 5.42. The molecular formula is C21H28N4O3. The minimum atomic E-state index is -0.122. The summed E-state index contributed by atoms with van der Waals surface area (Å²) < 4.78 is 4.94. The van der Waals surface area contributed by atoms with E-state index in [9.17, 15) is 9.59 Å². The van der Waals surface area contributed by atoms with Gasteiger partial charge in [-0.05, 0) is 38.3 Å². The topological polar surface area (TPSA) is 78.7 Å². The molecule has 0 unspecified atom stereocenters. The van der Waals surface area contributed by atoms with Gasteiger partial charge in [-0.1, -0.05) is 28.9 Å². The van der Waals surface area contributed by atoms with Gasteiger partial charge < -0.3 is 14.7 Å². The minimum absolute atomic E-state index is 0.122. The highest BCUT2D eigenvalue weighted by atomic mass is 16.5. The SMILES string of the molecule is Cc1ccc(CCC(=O)N2CCN(CC(=O)Nc3cc(C)on3)CC2)c(C)c1. The van der Waals surface area contributed by atoms with Gasteiger partial charge in [0.05, 0.1) is 6.54 Å². The molecule has 0 atom stereocenters. The average Bonchev–Trinajstić information content (AvgIpc) is 3.06. The van der Waals surface area contributed by atoms with E-state index in [-0.39, 0.29) is 18.4 Å². The zero-order valence-electron chi connectivity index (χ0n) is 16.8. The van der Waals surface area contributed by atoms with Gasteiger partial charge in [-0.25, -0.2) is 0 Å². The summed E-state index contributed by atoms with van der Waals surface area (Å²) in [6.45, 7) is 8.94. The lowest BCUT2D eigenvalue weighted by Crippen LogP contribution is -2.50. The van der Waals surface area contributed by atoms with Crippen LogP contribution < -0.4 is 5.32 Å². The summed E-state index contributed by atoms with van der Waals surface area (Å²) >= 11 is 0. The standard InChI is InChI=1S/C21H28N4O3/c1-15-4-5-18(16(2)12-15)6-7-21(27)25-10-8-24(9-11-25)14-20(26)22-19-13-17(3)28-23-19/h4-5,12-13H,6-11,14H2,1-3H3,(H,22,23,26). The predicted molar refractivity (Wildman–Crippen MR) is 107 cm³/mol. The van der Waals surface area contributed by atoms with Crippen LogP contribution in [0.5, 0.6) is 0 Å². The molecule has 150 valence electrons. The fourth-order valence-corrected chi connectivity index (χ4v) is 3.49. The number of carbonyl (C=O) groups is 2. The first-order valence-electron chi connectivity index (χ1n) is 9.70. The lowest BCUT2D eigenvalue weighted by atomic mass is 10.0. The van der Waals surface area contributed by atoms with Crippen LogP contribution in [0.4, 0.5) is 5.82 Å². The van der Waals surface area contributed by atoms with Crippen molar-refractivity contribution in [2.45, 2.75) is 33.6 Å². The summed E-state index contributed by atoms with van der Waals surface area (Å²) in [6.07, 6.45) is 1.29. The molecule has 0 bridgehead atoms. The van der Waals surface area contributed by atoms with Crippen LogP contribution in [0, 0.1) is 20.8 Å². The zero-order valence-corrected chi connectivity index (χ0v) is 16.8. The summed E-state index contributed by atoms with van der Waals surface area (Å²) in [5, 5.41) is 6.49. The number of nitrogens with one attached hydrogen (secondary N) is 1. The Morgan fingerprint density at radius 2 is 1.86 bits per heavy atom. The van der Waals surface area contributed by atoms with Crippen molar-refractivity contribution in [1.82, 2.24) is 15.0 Å². The van der Waals surface area contributed by atoms with Crippen LogP contribution in [0.1, 0.15) is 28.9 Å². The third-order valence-electron chi connectivity index (χ3n) is 5.09. The smallest absolute Gasteiger partial charge is 0.239 e. The largest absolute Gasteiger partial charge is 0.360 e. The van der Waals surface area contributed by atoms with Crippen LogP contribution in [0.15, 0.2) is 28.8 Å². The molecule has 1 saturated heterocycles. The molecule has 2 heterocycles. The minimum Gasteiger partial charge on any atom is -0.360 e. The summed E-state index contributed by atoms with van der Waals surface area (Å²) in [5.41, 5.74) is 3.72. The lowest BCUT2D eigenvalue weighted by molar-refractivity contribution is -0.133. The van der Waals surface area contributed by atoms with Crippen LogP contribution in [-0.2, 0) is 16.0 Å². The van der Waals surface area contributed by atoms with Crippen molar-refractivity contribution in [1.29, 1.82) is 0 Å². The number of rotatable bonds is 6. The fraction of sp³-hybridized carbons (Fsp3) is 0.476. The Labute approximate surface area is 165 Å². The number of piperazine rings is 1. The van der Waals surface area contributed by atoms with Gasteiger partial charge in [0.1, 0.15) is 5.76 Å². The summed E-state index contributed by atoms with van der Waals surface area (Å²) in [6, 6.07) is 8.05. The molecule has 0 aliphatic carbocycles. The molecule has 1 N–H and O–H groups in total. The Kier molecular flexibility index (Phi) is 6.46. The Morgan fingerprint density at radius 1 is 1.11 bits per heavy atom. The second-order valence-corrected chi connectivity index (χ2v) is 7.46. The maximum absolute atomic E-state index is 12.5. The van der Waals surface area contributed by atoms with Crippen LogP contribution in [0.3, 0.4) is 0 Å². The maximum Gasteiger partial charge on any atom is 0.239 e. The fourth-order valence-electron chi connectivity index (χ4n) is 3.49. The molecule has 7 heteroatoms. The number of anilines is 1. The Balaban J connectivity index is 1.40. The van der Waals surface area contributed by atoms with Crippen LogP contribution in [-0.4, -0.2) is 59.5 Å². The molecule has 3 rings (SSSR count). The number of aromatic nitrogens is 1. The highest BCUT2D eigenvalue weighted by Crippen LogP contribution is 2.14. The molecule has 1 aromatic carbocycles. The first-order valence-corrected chi connectivity index (χ1v) is 9.70. The quantitative estimate of drug-likeness (QED) is 0.827. The van der Waals surface area contributed by atoms with Crippen molar-refractivity contribution >= 4 is 17.6 Å². The van der Waals surface area contributed by atoms with Gasteiger partial charge in [0.15, 0.2) is 5.82 Å². The Morgan fingerprint density at radius 3 is 2.50 bits per heavy atom. The molecular weight excluding hydrogens is 356 g/mol. The highest BCUT2D eigenvalue weighted by Gasteiger charge is 2.22. The molecule has 28 heavy (non-hydrogen) atoms. The van der Waals surface area contributed by atoms with E-state index in [0.717, 1.165) is 6.42 Å². The summed E-state index contributed by atoms with van der Waals surface area (Å²) in [4.78, 5) is 28.6. The molecule has 0 saturated carbocycles. The van der Waals surface area contributed by atoms with Crippen molar-refractivity contribution in [2.75, 3.05) is 38.0 Å². The van der Waals surface area contributed by atoms with E-state index in [1.54, 1.807) is 13.0 Å². The van der Waals surface area contributed by atoms with E-state index < -0.39 is 0 Å². The van der Waals surface area contributed by atoms with E-state index in [4.69, 9.17) is 4.52 Å². The lowest BCUT2D eigenvalue weighted by Gasteiger charge is -2.34. The van der Waals surface area contributed by atoms with Crippen molar-refractivity contribution in [3.05, 3.63) is 46.7 Å². The monoisotopic (exact) mass is 384 g/mol. The van der Waals surface area contributed by atoms with Gasteiger partial charge in [-0.3, -0.25) is 14.5 Å². The molecule has 1 aliphatic heterocycles. The van der Waals surface area contributed by atoms with Crippen LogP contribution in [0.25, 0.3) is 0 Å². The van der Waals surface area contributed by atoms with Gasteiger partial charge in [0, 0.05) is 38.7 Å². The first kappa shape index (κ1) is 20.1. The van der Waals surface area contributed by atoms with Crippen molar-refractivity contribution in [3.63, 3.8) is 0 Å². The summed E-state index contributed by atoms with van der Waals surface area (Å²) in [5.74, 6) is 1.15. The molecule has 0 spiro atoms. The van der Waals surface area contributed by atoms with Crippen LogP contribution in [0.2, 0.25) is 0 Å². The second-order valence-electron chi connectivity index (χ2n) is 7.46. The number of carbonyl (C=O) groups excluding carboxylic acids is 2. The van der Waals surface area contributed by atoms with E-state index in [1.165, 1.54) is 16.7 Å². The van der Waals surface area contributed by atoms with Crippen molar-refractivity contribution in [3.8, 4) is 0 Å². The highest BCUT2D eigenvalue weighted by molar-refractivity contribution is 5.91. The van der Waals surface area contributed by atoms with Gasteiger partial charge in [0.25, 0.3) is 0 Å². The number of amides is 2. The normalized spacial score (nSPS) is 14.9. The van der Waals surface area contributed by atoms with Gasteiger partial charge in [-0.2, -0.15) is 0 Å². The number of hydrogen-bond donors (Lipinski definition) is 1. The number of hydrogen-bond acceptors (Lipinski definition) is 5. The number of nitrogens with zero attached hydrogens (tertiary/aromatic N) is 3. The molecule has 0 radical (unpaired) electrons. The third-order valence-corrected chi connectivity index (χ3v) is 5.09.